The Balaban J connectivity index is 1.67. The van der Waals surface area contributed by atoms with Crippen LogP contribution in [0.5, 0.6) is 0 Å². The molecule has 5 N–H and O–H groups in total. The average molecular weight is 517 g/mol. The molecule has 0 bridgehead atoms. The molecule has 2 aliphatic carbocycles. The van der Waals surface area contributed by atoms with E-state index in [0.717, 1.165) is 19.3 Å². The van der Waals surface area contributed by atoms with E-state index in [1.165, 1.54) is 0 Å². The Hall–Kier alpha value is -1.69. The van der Waals surface area contributed by atoms with E-state index in [0.29, 0.717) is 29.2 Å². The summed E-state index contributed by atoms with van der Waals surface area (Å²) in [5.41, 5.74) is 0.170. The second-order valence-corrected chi connectivity index (χ2v) is 11.2. The van der Waals surface area contributed by atoms with Gasteiger partial charge in [0.05, 0.1) is 19.0 Å². The van der Waals surface area contributed by atoms with Crippen molar-refractivity contribution in [3.63, 3.8) is 0 Å². The van der Waals surface area contributed by atoms with E-state index in [1.54, 1.807) is 13.4 Å². The molecule has 188 valence electrons. The van der Waals surface area contributed by atoms with Gasteiger partial charge >= 0.3 is 15.6 Å². The molecule has 2 fully saturated rings. The van der Waals surface area contributed by atoms with E-state index < -0.39 is 27.2 Å². The number of rotatable bonds is 11. The third-order valence-corrected chi connectivity index (χ3v) is 7.52. The minimum atomic E-state index is -4.84. The number of unbranched alkanes of at least 4 members (excludes halogenated alkanes) is 2. The highest BCUT2D eigenvalue weighted by atomic mass is 31.2. The lowest BCUT2D eigenvalue weighted by Gasteiger charge is -2.24. The summed E-state index contributed by atoms with van der Waals surface area (Å²) in [7, 11) is -7.88. The molecule has 15 heteroatoms. The van der Waals surface area contributed by atoms with Gasteiger partial charge in [0.15, 0.2) is 17.3 Å². The highest BCUT2D eigenvalue weighted by Gasteiger charge is 2.70. The summed E-state index contributed by atoms with van der Waals surface area (Å²) in [6.07, 6.45) is 8.16. The number of phosphoric ester groups is 2. The molecular formula is C19H29N5O8P2. The van der Waals surface area contributed by atoms with Crippen LogP contribution in [-0.2, 0) is 18.2 Å². The molecule has 2 aromatic rings. The van der Waals surface area contributed by atoms with Crippen LogP contribution < -0.4 is 5.32 Å². The molecule has 4 rings (SSSR count). The first-order valence-electron chi connectivity index (χ1n) is 11.0. The standard InChI is InChI=1S/C19H29N5O8P2/c1-3-4-5-6-7-15-22-17(20-2)16-18(23-15)24(11-21-16)13-8-14(32-34(28,29)30)19(9-12(13)19)10-31-33(25,26)27/h6-7,11-14H,3-5,8-10H2,1-2H3,(H,20,22,23)(H2,25,26,27)(H2,28,29,30)/b7-6+/t12-,13+,14+,19-/m1/s1. The molecule has 0 amide bonds. The maximum Gasteiger partial charge on any atom is 0.469 e. The number of anilines is 1. The highest BCUT2D eigenvalue weighted by molar-refractivity contribution is 7.46. The van der Waals surface area contributed by atoms with Crippen molar-refractivity contribution < 1.29 is 37.8 Å². The molecule has 0 aliphatic heterocycles. The SMILES string of the molecule is CCCC/C=C/c1nc(NC)c2ncn([C@H]3C[C@H](OP(=O)(O)O)[C@@]4(COP(=O)(O)O)C[C@H]34)c2n1. The molecule has 2 aliphatic rings. The Morgan fingerprint density at radius 1 is 1.26 bits per heavy atom. The van der Waals surface area contributed by atoms with Crippen molar-refractivity contribution in [3.8, 4) is 0 Å². The Kier molecular flexibility index (Phi) is 7.03. The van der Waals surface area contributed by atoms with Crippen molar-refractivity contribution in [2.45, 2.75) is 51.2 Å². The number of nitrogens with one attached hydrogen (secondary N) is 1. The molecule has 0 saturated heterocycles. The van der Waals surface area contributed by atoms with Crippen LogP contribution >= 0.6 is 15.6 Å². The molecule has 0 aromatic carbocycles. The summed E-state index contributed by atoms with van der Waals surface area (Å²) < 4.78 is 34.5. The topological polar surface area (TPSA) is 189 Å². The molecule has 34 heavy (non-hydrogen) atoms. The molecule has 2 heterocycles. The van der Waals surface area contributed by atoms with Crippen molar-refractivity contribution in [3.05, 3.63) is 18.2 Å². The number of nitrogens with zero attached hydrogens (tertiary/aromatic N) is 4. The summed E-state index contributed by atoms with van der Waals surface area (Å²) in [4.78, 5) is 50.8. The maximum absolute atomic E-state index is 11.6. The van der Waals surface area contributed by atoms with Crippen LogP contribution in [0.15, 0.2) is 12.4 Å². The fourth-order valence-corrected chi connectivity index (χ4v) is 5.91. The first kappa shape index (κ1) is 25.4. The van der Waals surface area contributed by atoms with Gasteiger partial charge < -0.3 is 29.5 Å². The van der Waals surface area contributed by atoms with E-state index in [4.69, 9.17) is 18.8 Å². The molecule has 13 nitrogen and oxygen atoms in total. The van der Waals surface area contributed by atoms with E-state index in [1.807, 2.05) is 16.7 Å². The summed E-state index contributed by atoms with van der Waals surface area (Å²) in [5, 5.41) is 3.03. The van der Waals surface area contributed by atoms with Crippen molar-refractivity contribution in [2.24, 2.45) is 11.3 Å². The van der Waals surface area contributed by atoms with Gasteiger partial charge in [-0.2, -0.15) is 0 Å². The molecule has 0 radical (unpaired) electrons. The number of hydrogen-bond acceptors (Lipinski definition) is 8. The van der Waals surface area contributed by atoms with Crippen LogP contribution in [0.2, 0.25) is 0 Å². The predicted octanol–water partition coefficient (Wildman–Crippen LogP) is 2.61. The first-order chi connectivity index (χ1) is 16.0. The first-order valence-corrected chi connectivity index (χ1v) is 14.1. The minimum absolute atomic E-state index is 0.190. The summed E-state index contributed by atoms with van der Waals surface area (Å²) in [5.74, 6) is 0.860. The molecule has 0 unspecified atom stereocenters. The van der Waals surface area contributed by atoms with Gasteiger partial charge in [0, 0.05) is 18.5 Å². The van der Waals surface area contributed by atoms with E-state index in [2.05, 4.69) is 27.2 Å². The van der Waals surface area contributed by atoms with Gasteiger partial charge in [0.1, 0.15) is 5.52 Å². The maximum atomic E-state index is 11.6. The number of allylic oxidation sites excluding steroid dienone is 1. The molecule has 2 aromatic heterocycles. The average Bonchev–Trinajstić information content (AvgIpc) is 3.22. The number of imidazole rings is 1. The third-order valence-electron chi connectivity index (χ3n) is 6.53. The quantitative estimate of drug-likeness (QED) is 0.217. The number of phosphoric acid groups is 2. The lowest BCUT2D eigenvalue weighted by molar-refractivity contribution is 0.0499. The van der Waals surface area contributed by atoms with Gasteiger partial charge in [0.25, 0.3) is 0 Å². The van der Waals surface area contributed by atoms with Crippen molar-refractivity contribution in [1.82, 2.24) is 19.5 Å². The normalized spacial score (nSPS) is 26.9. The Morgan fingerprint density at radius 2 is 2.03 bits per heavy atom. The van der Waals surface area contributed by atoms with E-state index in [-0.39, 0.29) is 25.0 Å². The summed E-state index contributed by atoms with van der Waals surface area (Å²) >= 11 is 0. The van der Waals surface area contributed by atoms with Crippen LogP contribution in [0.4, 0.5) is 5.82 Å². The van der Waals surface area contributed by atoms with Crippen LogP contribution in [0.1, 0.15) is 50.9 Å². The number of aromatic nitrogens is 4. The van der Waals surface area contributed by atoms with Gasteiger partial charge in [-0.05, 0) is 31.3 Å². The van der Waals surface area contributed by atoms with Gasteiger partial charge in [-0.3, -0.25) is 9.05 Å². The van der Waals surface area contributed by atoms with Gasteiger partial charge in [0.2, 0.25) is 0 Å². The van der Waals surface area contributed by atoms with E-state index >= 15 is 0 Å². The lowest BCUT2D eigenvalue weighted by Crippen LogP contribution is -2.26. The monoisotopic (exact) mass is 517 g/mol. The van der Waals surface area contributed by atoms with Crippen LogP contribution in [0, 0.1) is 11.3 Å². The predicted molar refractivity (Wildman–Crippen MR) is 123 cm³/mol. The molecule has 4 atom stereocenters. The second kappa shape index (κ2) is 9.40. The zero-order valence-corrected chi connectivity index (χ0v) is 20.6. The number of hydrogen-bond donors (Lipinski definition) is 5. The fourth-order valence-electron chi connectivity index (χ4n) is 4.88. The van der Waals surface area contributed by atoms with Crippen molar-refractivity contribution in [1.29, 1.82) is 0 Å². The molecule has 2 saturated carbocycles. The highest BCUT2D eigenvalue weighted by Crippen LogP contribution is 2.71. The third kappa shape index (κ3) is 5.27. The summed E-state index contributed by atoms with van der Waals surface area (Å²) in [6, 6.07) is -0.307. The largest absolute Gasteiger partial charge is 0.469 e. The van der Waals surface area contributed by atoms with Gasteiger partial charge in [-0.25, -0.2) is 24.1 Å². The zero-order valence-electron chi connectivity index (χ0n) is 18.8. The Labute approximate surface area is 196 Å². The van der Waals surface area contributed by atoms with Crippen molar-refractivity contribution in [2.75, 3.05) is 19.0 Å². The minimum Gasteiger partial charge on any atom is -0.371 e. The lowest BCUT2D eigenvalue weighted by atomic mass is 10.0. The summed E-state index contributed by atoms with van der Waals surface area (Å²) in [6.45, 7) is 1.74. The van der Waals surface area contributed by atoms with Crippen LogP contribution in [0.3, 0.4) is 0 Å². The fraction of sp³-hybridized carbons (Fsp3) is 0.632. The Morgan fingerprint density at radius 3 is 2.68 bits per heavy atom. The smallest absolute Gasteiger partial charge is 0.371 e. The molecular weight excluding hydrogens is 488 g/mol. The van der Waals surface area contributed by atoms with Gasteiger partial charge in [-0.1, -0.05) is 25.8 Å². The van der Waals surface area contributed by atoms with Gasteiger partial charge in [-0.15, -0.1) is 0 Å². The van der Waals surface area contributed by atoms with Crippen molar-refractivity contribution >= 4 is 38.7 Å². The van der Waals surface area contributed by atoms with E-state index in [9.17, 15) is 18.9 Å². The Bertz CT molecular complexity index is 1180. The van der Waals surface area contributed by atoms with Crippen LogP contribution in [-0.4, -0.2) is 58.9 Å². The van der Waals surface area contributed by atoms with Crippen LogP contribution in [0.25, 0.3) is 17.2 Å². The number of fused-ring (bicyclic) bond motifs is 2. The zero-order chi connectivity index (χ0) is 24.7. The second-order valence-electron chi connectivity index (χ2n) is 8.74. The molecule has 0 spiro atoms.